The van der Waals surface area contributed by atoms with Gasteiger partial charge in [0.15, 0.2) is 0 Å². The first kappa shape index (κ1) is 32.7. The summed E-state index contributed by atoms with van der Waals surface area (Å²) < 4.78 is 282. The van der Waals surface area contributed by atoms with Crippen LogP contribution in [0.1, 0.15) is 25.7 Å². The summed E-state index contributed by atoms with van der Waals surface area (Å²) in [5.74, 6) is -81.5. The number of rotatable bonds is 9. The monoisotopic (exact) mass is 614 g/mol. The Bertz CT molecular complexity index is 896. The van der Waals surface area contributed by atoms with Crippen LogP contribution in [0.15, 0.2) is 0 Å². The third kappa shape index (κ3) is 3.69. The molecule has 0 aromatic carbocycles. The molecule has 0 aromatic heterocycles. The largest absolute Gasteiger partial charge is 0.460 e. The van der Waals surface area contributed by atoms with E-state index in [1.165, 1.54) is 0 Å². The second-order valence-electron chi connectivity index (χ2n) is 9.00. The maximum absolute atomic E-state index is 14.3. The zero-order valence-corrected chi connectivity index (χ0v) is 17.5. The third-order valence-corrected chi connectivity index (χ3v) is 6.74. The number of hydrogen-bond acceptors (Lipinski definition) is 0. The Labute approximate surface area is 196 Å². The van der Waals surface area contributed by atoms with Crippen molar-refractivity contribution in [3.05, 3.63) is 0 Å². The minimum absolute atomic E-state index is 0.0610. The molecule has 226 valence electrons. The molecule has 0 heterocycles. The first-order valence-corrected chi connectivity index (χ1v) is 9.79. The fourth-order valence-corrected chi connectivity index (χ4v) is 4.49. The van der Waals surface area contributed by atoms with Crippen LogP contribution in [-0.2, 0) is 0 Å². The summed E-state index contributed by atoms with van der Waals surface area (Å²) in [6, 6.07) is 0. The van der Waals surface area contributed by atoms with Crippen molar-refractivity contribution in [3.63, 3.8) is 0 Å². The van der Waals surface area contributed by atoms with Crippen LogP contribution in [0.25, 0.3) is 0 Å². The van der Waals surface area contributed by atoms with Crippen LogP contribution >= 0.6 is 0 Å². The van der Waals surface area contributed by atoms with Crippen molar-refractivity contribution in [1.29, 1.82) is 0 Å². The standard InChI is InChI=1S/C17H11F21/c18-8(19,7-4-5-1-2-6(7)3-5)9(20,21)10(22,23)11(24,25)12(26,27)13(28,29)14(30,31)15(32,33)16(34,35)17(36,37)38/h5-7H,1-4H2. The van der Waals surface area contributed by atoms with Crippen molar-refractivity contribution in [2.24, 2.45) is 17.8 Å². The third-order valence-electron chi connectivity index (χ3n) is 6.74. The molecule has 2 aliphatic carbocycles. The Morgan fingerprint density at radius 3 is 0.921 bits per heavy atom. The van der Waals surface area contributed by atoms with Crippen LogP contribution in [0, 0.1) is 17.8 Å². The second-order valence-corrected chi connectivity index (χ2v) is 9.00. The normalized spacial score (nSPS) is 25.3. The molecule has 2 rings (SSSR count). The average molecular weight is 614 g/mol. The molecule has 21 heteroatoms. The highest BCUT2D eigenvalue weighted by Crippen LogP contribution is 2.68. The Morgan fingerprint density at radius 2 is 0.658 bits per heavy atom. The van der Waals surface area contributed by atoms with Crippen LogP contribution in [0.5, 0.6) is 0 Å². The smallest absolute Gasteiger partial charge is 0.199 e. The van der Waals surface area contributed by atoms with Gasteiger partial charge in [0.25, 0.3) is 0 Å². The van der Waals surface area contributed by atoms with Crippen LogP contribution < -0.4 is 0 Å². The van der Waals surface area contributed by atoms with Gasteiger partial charge in [0.1, 0.15) is 0 Å². The molecule has 3 atom stereocenters. The van der Waals surface area contributed by atoms with E-state index < -0.39 is 83.7 Å². The molecule has 0 spiro atoms. The molecule has 2 fully saturated rings. The Kier molecular flexibility index (Phi) is 7.13. The second kappa shape index (κ2) is 8.28. The number of fused-ring (bicyclic) bond motifs is 2. The molecule has 38 heavy (non-hydrogen) atoms. The van der Waals surface area contributed by atoms with Crippen LogP contribution in [0.2, 0.25) is 0 Å². The SMILES string of the molecule is FC(F)(F)C(F)(F)C(F)(F)C(F)(F)C(F)(F)C(F)(F)C(F)(F)C(F)(F)C(F)(F)C(F)(F)C1CC2CCC1C2. The molecule has 0 aliphatic heterocycles. The molecule has 2 bridgehead atoms. The van der Waals surface area contributed by atoms with Gasteiger partial charge in [-0.1, -0.05) is 6.42 Å². The molecule has 0 radical (unpaired) electrons. The Balaban J connectivity index is 2.62. The van der Waals surface area contributed by atoms with E-state index in [0.717, 1.165) is 0 Å². The molecule has 0 N–H and O–H groups in total. The summed E-state index contributed by atoms with van der Waals surface area (Å²) in [4.78, 5) is 0. The number of halogens is 21. The molecule has 0 aromatic rings. The lowest BCUT2D eigenvalue weighted by Gasteiger charge is -2.45. The van der Waals surface area contributed by atoms with Gasteiger partial charge < -0.3 is 0 Å². The first-order chi connectivity index (χ1) is 16.3. The molecule has 3 unspecified atom stereocenters. The van der Waals surface area contributed by atoms with Crippen LogP contribution in [-0.4, -0.2) is 59.5 Å². The Morgan fingerprint density at radius 1 is 0.342 bits per heavy atom. The van der Waals surface area contributed by atoms with E-state index in [0.29, 0.717) is 0 Å². The van der Waals surface area contributed by atoms with E-state index in [4.69, 9.17) is 0 Å². The highest BCUT2D eigenvalue weighted by molar-refractivity contribution is 5.19. The Hall–Kier alpha value is -1.47. The molecular formula is C17H11F21. The quantitative estimate of drug-likeness (QED) is 0.228. The maximum atomic E-state index is 14.3. The number of hydrogen-bond donors (Lipinski definition) is 0. The van der Waals surface area contributed by atoms with Gasteiger partial charge in [-0.25, -0.2) is 0 Å². The molecule has 0 saturated heterocycles. The zero-order chi connectivity index (χ0) is 30.6. The first-order valence-electron chi connectivity index (χ1n) is 9.79. The van der Waals surface area contributed by atoms with Crippen molar-refractivity contribution in [3.8, 4) is 0 Å². The van der Waals surface area contributed by atoms with E-state index in [9.17, 15) is 92.2 Å². The highest BCUT2D eigenvalue weighted by Gasteiger charge is 2.98. The van der Waals surface area contributed by atoms with Gasteiger partial charge in [0, 0.05) is 5.92 Å². The molecule has 0 amide bonds. The van der Waals surface area contributed by atoms with E-state index in [-0.39, 0.29) is 19.3 Å². The summed E-state index contributed by atoms with van der Waals surface area (Å²) in [7, 11) is 0. The summed E-state index contributed by atoms with van der Waals surface area (Å²) in [6.45, 7) is 0. The van der Waals surface area contributed by atoms with Crippen molar-refractivity contribution in [1.82, 2.24) is 0 Å². The van der Waals surface area contributed by atoms with E-state index in [1.54, 1.807) is 0 Å². The van der Waals surface area contributed by atoms with Crippen molar-refractivity contribution in [2.75, 3.05) is 0 Å². The summed E-state index contributed by atoms with van der Waals surface area (Å²) in [6.07, 6.45) is -9.75. The fraction of sp³-hybridized carbons (Fsp3) is 1.00. The predicted octanol–water partition coefficient (Wildman–Crippen LogP) is 8.70. The minimum Gasteiger partial charge on any atom is -0.199 e. The van der Waals surface area contributed by atoms with Gasteiger partial charge in [0.2, 0.25) is 0 Å². The highest BCUT2D eigenvalue weighted by atomic mass is 19.4. The van der Waals surface area contributed by atoms with Gasteiger partial charge in [0.05, 0.1) is 0 Å². The lowest BCUT2D eigenvalue weighted by Crippen LogP contribution is -2.77. The van der Waals surface area contributed by atoms with Crippen LogP contribution in [0.4, 0.5) is 92.2 Å². The van der Waals surface area contributed by atoms with Gasteiger partial charge in [-0.3, -0.25) is 0 Å². The molecule has 2 saturated carbocycles. The topological polar surface area (TPSA) is 0 Å². The van der Waals surface area contributed by atoms with Crippen LogP contribution in [0.3, 0.4) is 0 Å². The van der Waals surface area contributed by atoms with E-state index >= 15 is 0 Å². The maximum Gasteiger partial charge on any atom is 0.460 e. The molecule has 2 aliphatic rings. The zero-order valence-electron chi connectivity index (χ0n) is 17.5. The van der Waals surface area contributed by atoms with E-state index in [2.05, 4.69) is 0 Å². The summed E-state index contributed by atoms with van der Waals surface area (Å²) in [5.41, 5.74) is 0. The minimum atomic E-state index is -9.12. The summed E-state index contributed by atoms with van der Waals surface area (Å²) in [5, 5.41) is 0. The lowest BCUT2D eigenvalue weighted by molar-refractivity contribution is -0.475. The average Bonchev–Trinajstić information content (AvgIpc) is 3.35. The molecular weight excluding hydrogens is 603 g/mol. The van der Waals surface area contributed by atoms with Gasteiger partial charge in [-0.15, -0.1) is 0 Å². The van der Waals surface area contributed by atoms with Gasteiger partial charge >= 0.3 is 59.5 Å². The van der Waals surface area contributed by atoms with Gasteiger partial charge in [-0.05, 0) is 31.1 Å². The number of alkyl halides is 21. The lowest BCUT2D eigenvalue weighted by atomic mass is 9.78. The molecule has 0 nitrogen and oxygen atoms in total. The summed E-state index contributed by atoms with van der Waals surface area (Å²) >= 11 is 0. The van der Waals surface area contributed by atoms with Crippen molar-refractivity contribution < 1.29 is 92.2 Å². The fourth-order valence-electron chi connectivity index (χ4n) is 4.49. The van der Waals surface area contributed by atoms with Gasteiger partial charge in [-0.2, -0.15) is 92.2 Å². The predicted molar refractivity (Wildman–Crippen MR) is 79.5 cm³/mol. The van der Waals surface area contributed by atoms with E-state index in [1.807, 2.05) is 0 Å². The van der Waals surface area contributed by atoms with Crippen molar-refractivity contribution in [2.45, 2.75) is 85.2 Å². The van der Waals surface area contributed by atoms with Crippen molar-refractivity contribution >= 4 is 0 Å².